The second kappa shape index (κ2) is 8.23. The van der Waals surface area contributed by atoms with Crippen molar-refractivity contribution in [2.24, 2.45) is 0 Å². The number of hydrogen-bond donors (Lipinski definition) is 2. The van der Waals surface area contributed by atoms with Crippen molar-refractivity contribution >= 4 is 11.6 Å². The Labute approximate surface area is 186 Å². The summed E-state index contributed by atoms with van der Waals surface area (Å²) < 4.78 is 45.6. The summed E-state index contributed by atoms with van der Waals surface area (Å²) in [4.78, 5) is 21.8. The van der Waals surface area contributed by atoms with Gasteiger partial charge in [0.05, 0.1) is 25.6 Å². The molecule has 11 heteroatoms. The van der Waals surface area contributed by atoms with Crippen LogP contribution in [0.1, 0.15) is 17.8 Å². The lowest BCUT2D eigenvalue weighted by molar-refractivity contribution is -0.516. The number of nitrogens with zero attached hydrogens (tertiary/aromatic N) is 4. The largest absolute Gasteiger partial charge is 0.497 e. The highest BCUT2D eigenvalue weighted by molar-refractivity contribution is 5.88. The van der Waals surface area contributed by atoms with Gasteiger partial charge in [0.1, 0.15) is 11.4 Å². The SMILES string of the molecule is COc1ccc(-c2nc(N)[n+]3c(=O)n(CCC(F)(F)F)[nH]c3c2-c2cc(C)nc(C)c2)cc1. The Hall–Kier alpha value is -3.89. The van der Waals surface area contributed by atoms with E-state index in [0.717, 1.165) is 20.5 Å². The Balaban J connectivity index is 2.03. The van der Waals surface area contributed by atoms with E-state index in [2.05, 4.69) is 15.1 Å². The van der Waals surface area contributed by atoms with Crippen LogP contribution in [-0.2, 0) is 6.54 Å². The molecule has 0 bridgehead atoms. The van der Waals surface area contributed by atoms with Gasteiger partial charge in [-0.3, -0.25) is 4.98 Å². The van der Waals surface area contributed by atoms with Crippen molar-refractivity contribution in [3.8, 4) is 28.1 Å². The van der Waals surface area contributed by atoms with Gasteiger partial charge >= 0.3 is 17.8 Å². The monoisotopic (exact) mass is 459 g/mol. The lowest BCUT2D eigenvalue weighted by atomic mass is 9.99. The molecule has 0 saturated carbocycles. The fourth-order valence-corrected chi connectivity index (χ4v) is 3.76. The zero-order valence-corrected chi connectivity index (χ0v) is 18.2. The number of methoxy groups -OCH3 is 1. The van der Waals surface area contributed by atoms with Crippen LogP contribution in [0.25, 0.3) is 28.0 Å². The standard InChI is InChI=1S/C22H21F3N6O2/c1-12-10-15(11-13(2)27-12)17-18(14-4-6-16(33-3)7-5-14)28-20(26)31-19(17)29-30(21(31)32)9-8-22(23,24)25/h4-7,10-11H,8-9H2,1-3H3,(H2,26,27,28,29)/p+1. The highest BCUT2D eigenvalue weighted by atomic mass is 19.4. The third-order valence-electron chi connectivity index (χ3n) is 5.17. The minimum Gasteiger partial charge on any atom is -0.497 e. The number of aromatic amines is 1. The average molecular weight is 459 g/mol. The van der Waals surface area contributed by atoms with Gasteiger partial charge in [0.25, 0.3) is 0 Å². The highest BCUT2D eigenvalue weighted by Crippen LogP contribution is 2.34. The molecule has 4 rings (SSSR count). The predicted octanol–water partition coefficient (Wildman–Crippen LogP) is 3.20. The smallest absolute Gasteiger partial charge is 0.428 e. The summed E-state index contributed by atoms with van der Waals surface area (Å²) >= 11 is 0. The quantitative estimate of drug-likeness (QED) is 0.446. The molecule has 4 aromatic rings. The first-order valence-electron chi connectivity index (χ1n) is 10.1. The van der Waals surface area contributed by atoms with Gasteiger partial charge in [0.15, 0.2) is 0 Å². The first-order valence-corrected chi connectivity index (χ1v) is 10.1. The molecule has 0 atom stereocenters. The van der Waals surface area contributed by atoms with E-state index < -0.39 is 24.8 Å². The van der Waals surface area contributed by atoms with Gasteiger partial charge in [0.2, 0.25) is 5.65 Å². The molecule has 0 aliphatic carbocycles. The van der Waals surface area contributed by atoms with Gasteiger partial charge in [-0.05, 0) is 55.8 Å². The number of H-pyrrole nitrogens is 1. The summed E-state index contributed by atoms with van der Waals surface area (Å²) in [6, 6.07) is 10.7. The van der Waals surface area contributed by atoms with E-state index in [1.165, 1.54) is 0 Å². The van der Waals surface area contributed by atoms with E-state index >= 15 is 0 Å². The second-order valence-electron chi connectivity index (χ2n) is 7.66. The number of pyridine rings is 1. The van der Waals surface area contributed by atoms with E-state index in [1.807, 2.05) is 26.0 Å². The second-order valence-corrected chi connectivity index (χ2v) is 7.66. The molecular formula is C22H22F3N6O2+. The van der Waals surface area contributed by atoms with Gasteiger partial charge in [-0.2, -0.15) is 17.9 Å². The van der Waals surface area contributed by atoms with Crippen LogP contribution in [0, 0.1) is 13.8 Å². The lowest BCUT2D eigenvalue weighted by Crippen LogP contribution is -2.44. The van der Waals surface area contributed by atoms with Crippen molar-refractivity contribution < 1.29 is 22.3 Å². The summed E-state index contributed by atoms with van der Waals surface area (Å²) in [5.41, 5.74) is 9.46. The van der Waals surface area contributed by atoms with Crippen LogP contribution >= 0.6 is 0 Å². The number of hydrogen-bond acceptors (Lipinski definition) is 5. The Bertz CT molecular complexity index is 1370. The summed E-state index contributed by atoms with van der Waals surface area (Å²) in [7, 11) is 1.55. The van der Waals surface area contributed by atoms with E-state index in [-0.39, 0.29) is 11.6 Å². The fraction of sp³-hybridized carbons (Fsp3) is 0.273. The van der Waals surface area contributed by atoms with Crippen molar-refractivity contribution in [3.05, 3.63) is 58.3 Å². The zero-order chi connectivity index (χ0) is 23.9. The van der Waals surface area contributed by atoms with Gasteiger partial charge in [-0.15, -0.1) is 9.38 Å². The van der Waals surface area contributed by atoms with Crippen LogP contribution in [0.4, 0.5) is 19.1 Å². The number of fused-ring (bicyclic) bond motifs is 1. The Morgan fingerprint density at radius 3 is 2.30 bits per heavy atom. The molecule has 0 aliphatic heterocycles. The number of aryl methyl sites for hydroxylation is 3. The normalized spacial score (nSPS) is 11.8. The van der Waals surface area contributed by atoms with Crippen molar-refractivity contribution in [1.82, 2.24) is 19.7 Å². The molecule has 3 N–H and O–H groups in total. The molecule has 0 unspecified atom stereocenters. The van der Waals surface area contributed by atoms with E-state index in [1.54, 1.807) is 31.4 Å². The molecule has 1 aromatic carbocycles. The van der Waals surface area contributed by atoms with E-state index in [0.29, 0.717) is 28.1 Å². The number of anilines is 1. The minimum absolute atomic E-state index is 0.144. The Morgan fingerprint density at radius 1 is 1.09 bits per heavy atom. The molecule has 0 aliphatic rings. The van der Waals surface area contributed by atoms with Crippen LogP contribution in [-0.4, -0.2) is 33.0 Å². The van der Waals surface area contributed by atoms with Crippen LogP contribution < -0.4 is 20.6 Å². The number of aromatic nitrogens is 5. The number of alkyl halides is 3. The average Bonchev–Trinajstić information content (AvgIpc) is 3.07. The number of ether oxygens (including phenoxy) is 1. The predicted molar refractivity (Wildman–Crippen MR) is 116 cm³/mol. The third kappa shape index (κ3) is 4.38. The molecule has 33 heavy (non-hydrogen) atoms. The molecular weight excluding hydrogens is 437 g/mol. The highest BCUT2D eigenvalue weighted by Gasteiger charge is 2.30. The van der Waals surface area contributed by atoms with Gasteiger partial charge in [0, 0.05) is 17.0 Å². The number of nitrogens with two attached hydrogens (primary N) is 1. The van der Waals surface area contributed by atoms with Gasteiger partial charge < -0.3 is 10.5 Å². The molecule has 3 aromatic heterocycles. The van der Waals surface area contributed by atoms with Crippen LogP contribution in [0.3, 0.4) is 0 Å². The molecule has 0 amide bonds. The van der Waals surface area contributed by atoms with Crippen molar-refractivity contribution in [3.63, 3.8) is 0 Å². The maximum absolute atomic E-state index is 12.9. The fourth-order valence-electron chi connectivity index (χ4n) is 3.76. The molecule has 172 valence electrons. The van der Waals surface area contributed by atoms with Crippen molar-refractivity contribution in [1.29, 1.82) is 0 Å². The molecule has 0 saturated heterocycles. The number of halogens is 3. The summed E-state index contributed by atoms with van der Waals surface area (Å²) in [6.45, 7) is 3.08. The minimum atomic E-state index is -4.42. The van der Waals surface area contributed by atoms with Crippen LogP contribution in [0.2, 0.25) is 0 Å². The maximum atomic E-state index is 12.9. The maximum Gasteiger partial charge on any atom is 0.428 e. The number of rotatable bonds is 5. The van der Waals surface area contributed by atoms with Crippen LogP contribution in [0.15, 0.2) is 41.2 Å². The summed E-state index contributed by atoms with van der Waals surface area (Å²) in [5.74, 6) is 0.500. The van der Waals surface area contributed by atoms with Crippen LogP contribution in [0.5, 0.6) is 5.75 Å². The van der Waals surface area contributed by atoms with E-state index in [9.17, 15) is 18.0 Å². The molecule has 8 nitrogen and oxygen atoms in total. The number of nitrogens with one attached hydrogen (secondary N) is 1. The topological polar surface area (TPSA) is 103 Å². The first-order chi connectivity index (χ1) is 15.6. The van der Waals surface area contributed by atoms with Crippen molar-refractivity contribution in [2.45, 2.75) is 33.0 Å². The molecule has 0 spiro atoms. The van der Waals surface area contributed by atoms with E-state index in [4.69, 9.17) is 10.5 Å². The van der Waals surface area contributed by atoms with Gasteiger partial charge in [-0.1, -0.05) is 0 Å². The number of nitrogen functional groups attached to an aromatic ring is 1. The molecule has 3 heterocycles. The first kappa shape index (κ1) is 22.3. The number of benzene rings is 1. The summed E-state index contributed by atoms with van der Waals surface area (Å²) in [5, 5.41) is 2.82. The summed E-state index contributed by atoms with van der Waals surface area (Å²) in [6.07, 6.45) is -5.58. The lowest BCUT2D eigenvalue weighted by Gasteiger charge is -2.10. The zero-order valence-electron chi connectivity index (χ0n) is 18.2. The Morgan fingerprint density at radius 2 is 1.73 bits per heavy atom. The van der Waals surface area contributed by atoms with Gasteiger partial charge in [-0.25, -0.2) is 9.89 Å². The molecule has 0 radical (unpaired) electrons. The molecule has 0 fully saturated rings. The van der Waals surface area contributed by atoms with Crippen molar-refractivity contribution in [2.75, 3.05) is 12.8 Å². The Kier molecular flexibility index (Phi) is 5.56. The third-order valence-corrected chi connectivity index (χ3v) is 5.17.